The Kier molecular flexibility index (Phi) is 4.22. The van der Waals surface area contributed by atoms with Crippen LogP contribution in [-0.2, 0) is 10.2 Å². The standard InChI is InChI=1S/C19H27N3O2/c1-23-17-5-2-10-22(17)11-4-12-24-14-6-7-15-16(13-14)21-18(20)19(15)8-3-9-19/h6-7,13,17H,2-5,8-12H2,1H3,(H2,20,21). The third kappa shape index (κ3) is 2.60. The van der Waals surface area contributed by atoms with Crippen LogP contribution in [0.5, 0.6) is 5.75 Å². The molecule has 5 nitrogen and oxygen atoms in total. The molecule has 3 aliphatic rings. The van der Waals surface area contributed by atoms with Crippen molar-refractivity contribution in [3.05, 3.63) is 23.8 Å². The fraction of sp³-hybridized carbons (Fsp3) is 0.632. The number of methoxy groups -OCH3 is 1. The lowest BCUT2D eigenvalue weighted by molar-refractivity contribution is -0.00548. The molecule has 0 amide bonds. The summed E-state index contributed by atoms with van der Waals surface area (Å²) < 4.78 is 11.4. The largest absolute Gasteiger partial charge is 0.493 e. The lowest BCUT2D eigenvalue weighted by Crippen LogP contribution is -2.44. The molecule has 2 N–H and O–H groups in total. The van der Waals surface area contributed by atoms with Crippen LogP contribution in [0, 0.1) is 0 Å². The molecule has 0 radical (unpaired) electrons. The van der Waals surface area contributed by atoms with Crippen LogP contribution in [0.1, 0.15) is 44.1 Å². The van der Waals surface area contributed by atoms with Crippen LogP contribution < -0.4 is 10.5 Å². The number of ether oxygens (including phenoxy) is 2. The van der Waals surface area contributed by atoms with Gasteiger partial charge in [0.15, 0.2) is 0 Å². The molecule has 130 valence electrons. The Labute approximate surface area is 143 Å². The maximum Gasteiger partial charge on any atom is 0.121 e. The first kappa shape index (κ1) is 15.9. The van der Waals surface area contributed by atoms with Crippen molar-refractivity contribution in [3.63, 3.8) is 0 Å². The van der Waals surface area contributed by atoms with Crippen molar-refractivity contribution in [2.45, 2.75) is 50.2 Å². The molecular weight excluding hydrogens is 302 g/mol. The molecule has 1 aromatic rings. The molecule has 2 heterocycles. The first-order chi connectivity index (χ1) is 11.7. The van der Waals surface area contributed by atoms with Crippen LogP contribution in [0.25, 0.3) is 0 Å². The zero-order valence-corrected chi connectivity index (χ0v) is 14.5. The fourth-order valence-electron chi connectivity index (χ4n) is 4.30. The molecule has 24 heavy (non-hydrogen) atoms. The number of aliphatic imine (C=N–C) groups is 1. The van der Waals surface area contributed by atoms with Gasteiger partial charge in [0.25, 0.3) is 0 Å². The Morgan fingerprint density at radius 3 is 2.96 bits per heavy atom. The summed E-state index contributed by atoms with van der Waals surface area (Å²) in [4.78, 5) is 6.99. The van der Waals surface area contributed by atoms with Crippen LogP contribution >= 0.6 is 0 Å². The van der Waals surface area contributed by atoms with Crippen LogP contribution in [0.3, 0.4) is 0 Å². The summed E-state index contributed by atoms with van der Waals surface area (Å²) in [6.07, 6.45) is 7.17. The predicted octanol–water partition coefficient (Wildman–Crippen LogP) is 2.95. The van der Waals surface area contributed by atoms with Crippen LogP contribution in [0.2, 0.25) is 0 Å². The maximum atomic E-state index is 6.18. The van der Waals surface area contributed by atoms with Crippen LogP contribution in [0.4, 0.5) is 5.69 Å². The average Bonchev–Trinajstić information content (AvgIpc) is 3.11. The van der Waals surface area contributed by atoms with E-state index in [1.807, 2.05) is 6.07 Å². The normalized spacial score (nSPS) is 24.7. The second-order valence-corrected chi connectivity index (χ2v) is 7.18. The van der Waals surface area contributed by atoms with Crippen LogP contribution in [0.15, 0.2) is 23.2 Å². The van der Waals surface area contributed by atoms with E-state index < -0.39 is 0 Å². The third-order valence-electron chi connectivity index (χ3n) is 5.86. The monoisotopic (exact) mass is 329 g/mol. The molecule has 2 aliphatic heterocycles. The predicted molar refractivity (Wildman–Crippen MR) is 95.0 cm³/mol. The number of hydrogen-bond acceptors (Lipinski definition) is 5. The molecule has 1 saturated heterocycles. The van der Waals surface area contributed by atoms with E-state index in [9.17, 15) is 0 Å². The van der Waals surface area contributed by atoms with Gasteiger partial charge in [-0.15, -0.1) is 0 Å². The first-order valence-electron chi connectivity index (χ1n) is 9.12. The molecule has 1 atom stereocenters. The minimum absolute atomic E-state index is 0.0405. The highest BCUT2D eigenvalue weighted by Crippen LogP contribution is 2.52. The van der Waals surface area contributed by atoms with Crippen molar-refractivity contribution in [2.24, 2.45) is 10.7 Å². The average molecular weight is 329 g/mol. The molecule has 1 spiro atoms. The van der Waals surface area contributed by atoms with Gasteiger partial charge in [0.2, 0.25) is 0 Å². The van der Waals surface area contributed by atoms with Gasteiger partial charge in [-0.3, -0.25) is 4.90 Å². The summed E-state index contributed by atoms with van der Waals surface area (Å²) in [6.45, 7) is 2.88. The van der Waals surface area contributed by atoms with E-state index in [0.29, 0.717) is 6.23 Å². The minimum atomic E-state index is 0.0405. The van der Waals surface area contributed by atoms with E-state index in [2.05, 4.69) is 22.0 Å². The van der Waals surface area contributed by atoms with Gasteiger partial charge in [-0.25, -0.2) is 4.99 Å². The van der Waals surface area contributed by atoms with E-state index in [1.165, 1.54) is 18.4 Å². The fourth-order valence-corrected chi connectivity index (χ4v) is 4.30. The zero-order chi connectivity index (χ0) is 16.6. The molecule has 1 unspecified atom stereocenters. The van der Waals surface area contributed by atoms with E-state index in [0.717, 1.165) is 62.7 Å². The molecule has 0 bridgehead atoms. The summed E-state index contributed by atoms with van der Waals surface area (Å²) in [5, 5.41) is 0. The highest BCUT2D eigenvalue weighted by atomic mass is 16.5. The molecule has 1 saturated carbocycles. The van der Waals surface area contributed by atoms with Crippen molar-refractivity contribution in [3.8, 4) is 5.75 Å². The Hall–Kier alpha value is -1.59. The van der Waals surface area contributed by atoms with Gasteiger partial charge in [0.1, 0.15) is 17.8 Å². The number of likely N-dealkylation sites (tertiary alicyclic amines) is 1. The molecule has 4 rings (SSSR count). The lowest BCUT2D eigenvalue weighted by atomic mass is 9.64. The van der Waals surface area contributed by atoms with Crippen molar-refractivity contribution in [2.75, 3.05) is 26.8 Å². The van der Waals surface area contributed by atoms with Gasteiger partial charge in [-0.1, -0.05) is 12.5 Å². The highest BCUT2D eigenvalue weighted by molar-refractivity contribution is 6.00. The topological polar surface area (TPSA) is 60.1 Å². The number of rotatable bonds is 6. The Bertz CT molecular complexity index is 639. The number of fused-ring (bicyclic) bond motifs is 2. The molecule has 1 aliphatic carbocycles. The maximum absolute atomic E-state index is 6.18. The number of benzene rings is 1. The van der Waals surface area contributed by atoms with Crippen molar-refractivity contribution in [1.29, 1.82) is 0 Å². The second kappa shape index (κ2) is 6.37. The molecule has 0 aromatic heterocycles. The van der Waals surface area contributed by atoms with Gasteiger partial charge < -0.3 is 15.2 Å². The van der Waals surface area contributed by atoms with Crippen molar-refractivity contribution < 1.29 is 9.47 Å². The van der Waals surface area contributed by atoms with Gasteiger partial charge in [-0.05, 0) is 43.7 Å². The highest BCUT2D eigenvalue weighted by Gasteiger charge is 2.47. The quantitative estimate of drug-likeness (QED) is 0.815. The van der Waals surface area contributed by atoms with Gasteiger partial charge in [0.05, 0.1) is 17.7 Å². The van der Waals surface area contributed by atoms with Crippen molar-refractivity contribution in [1.82, 2.24) is 4.90 Å². The zero-order valence-electron chi connectivity index (χ0n) is 14.5. The second-order valence-electron chi connectivity index (χ2n) is 7.18. The third-order valence-corrected chi connectivity index (χ3v) is 5.86. The summed E-state index contributed by atoms with van der Waals surface area (Å²) >= 11 is 0. The van der Waals surface area contributed by atoms with E-state index >= 15 is 0 Å². The molecule has 2 fully saturated rings. The van der Waals surface area contributed by atoms with Crippen molar-refractivity contribution >= 4 is 11.5 Å². The Morgan fingerprint density at radius 2 is 2.21 bits per heavy atom. The SMILES string of the molecule is COC1CCCN1CCCOc1ccc2c(c1)N=C(N)C21CCC1. The molecule has 1 aromatic carbocycles. The van der Waals surface area contributed by atoms with Gasteiger partial charge in [-0.2, -0.15) is 0 Å². The number of amidine groups is 1. The van der Waals surface area contributed by atoms with Gasteiger partial charge in [0, 0.05) is 26.3 Å². The lowest BCUT2D eigenvalue weighted by Gasteiger charge is -2.38. The Balaban J connectivity index is 1.31. The first-order valence-corrected chi connectivity index (χ1v) is 9.12. The molecular formula is C19H27N3O2. The number of nitrogens with zero attached hydrogens (tertiary/aromatic N) is 2. The Morgan fingerprint density at radius 1 is 1.33 bits per heavy atom. The van der Waals surface area contributed by atoms with Crippen LogP contribution in [-0.4, -0.2) is 43.8 Å². The molecule has 5 heteroatoms. The van der Waals surface area contributed by atoms with Gasteiger partial charge >= 0.3 is 0 Å². The summed E-state index contributed by atoms with van der Waals surface area (Å²) in [5.74, 6) is 1.69. The summed E-state index contributed by atoms with van der Waals surface area (Å²) in [7, 11) is 1.80. The van der Waals surface area contributed by atoms with E-state index in [-0.39, 0.29) is 5.41 Å². The van der Waals surface area contributed by atoms with E-state index in [1.54, 1.807) is 7.11 Å². The number of nitrogens with two attached hydrogens (primary N) is 1. The van der Waals surface area contributed by atoms with E-state index in [4.69, 9.17) is 15.2 Å². The smallest absolute Gasteiger partial charge is 0.121 e. The number of hydrogen-bond donors (Lipinski definition) is 1. The summed E-state index contributed by atoms with van der Waals surface area (Å²) in [6, 6.07) is 6.28. The summed E-state index contributed by atoms with van der Waals surface area (Å²) in [5.41, 5.74) is 8.52. The minimum Gasteiger partial charge on any atom is -0.493 e.